The van der Waals surface area contributed by atoms with Gasteiger partial charge >= 0.3 is 0 Å². The van der Waals surface area contributed by atoms with Crippen molar-refractivity contribution in [3.63, 3.8) is 0 Å². The second-order valence-electron chi connectivity index (χ2n) is 11.9. The highest BCUT2D eigenvalue weighted by atomic mass is 14.6. The molecule has 6 aromatic carbocycles. The van der Waals surface area contributed by atoms with Gasteiger partial charge in [-0.1, -0.05) is 146 Å². The molecule has 1 aliphatic carbocycles. The highest BCUT2D eigenvalue weighted by Gasteiger charge is 2.18. The first-order valence-corrected chi connectivity index (χ1v) is 16.1. The molecule has 0 amide bonds. The first-order chi connectivity index (χ1) is 24.0. The first kappa shape index (κ1) is 31.0. The average molecular weight is 631 g/mol. The summed E-state index contributed by atoms with van der Waals surface area (Å²) in [7, 11) is 0. The summed E-state index contributed by atoms with van der Waals surface area (Å²) in [6, 6.07) is 53.3. The Morgan fingerprint density at radius 2 is 0.918 bits per heavy atom. The van der Waals surface area contributed by atoms with Crippen molar-refractivity contribution < 1.29 is 0 Å². The second-order valence-corrected chi connectivity index (χ2v) is 11.9. The van der Waals surface area contributed by atoms with Crippen molar-refractivity contribution in [2.75, 3.05) is 5.73 Å². The summed E-state index contributed by atoms with van der Waals surface area (Å²) in [5.41, 5.74) is 17.6. The minimum atomic E-state index is 0.233. The molecule has 1 heterocycles. The van der Waals surface area contributed by atoms with Gasteiger partial charge in [-0.3, -0.25) is 15.8 Å². The minimum Gasteiger partial charge on any atom is -0.399 e. The molecule has 0 fully saturated rings. The van der Waals surface area contributed by atoms with Crippen molar-refractivity contribution in [3.8, 4) is 33.4 Å². The van der Waals surface area contributed by atoms with Crippen LogP contribution >= 0.6 is 0 Å². The van der Waals surface area contributed by atoms with Crippen LogP contribution in [0.1, 0.15) is 11.1 Å². The van der Waals surface area contributed by atoms with Gasteiger partial charge in [-0.2, -0.15) is 0 Å². The Kier molecular flexibility index (Phi) is 8.85. The number of nitrogen functional groups attached to an aromatic ring is 1. The third kappa shape index (κ3) is 6.90. The van der Waals surface area contributed by atoms with Crippen LogP contribution in [-0.2, 0) is 0 Å². The fraction of sp³-hybridized carbons (Fsp3) is 0. The van der Waals surface area contributed by atoms with E-state index in [0.717, 1.165) is 55.6 Å². The smallest absolute Gasteiger partial charge is 0.0867 e. The number of anilines is 1. The summed E-state index contributed by atoms with van der Waals surface area (Å²) >= 11 is 0. The molecule has 49 heavy (non-hydrogen) atoms. The second kappa shape index (κ2) is 14.0. The highest BCUT2D eigenvalue weighted by Crippen LogP contribution is 2.31. The number of nitrogens with zero attached hydrogens (tertiary/aromatic N) is 1. The van der Waals surface area contributed by atoms with E-state index in [4.69, 9.17) is 16.6 Å². The Balaban J connectivity index is 0.000000186. The fourth-order valence-electron chi connectivity index (χ4n) is 6.00. The van der Waals surface area contributed by atoms with E-state index in [1.54, 1.807) is 6.08 Å². The van der Waals surface area contributed by atoms with E-state index in [1.807, 2.05) is 103 Å². The Morgan fingerprint density at radius 3 is 1.53 bits per heavy atom. The Morgan fingerprint density at radius 1 is 0.429 bits per heavy atom. The van der Waals surface area contributed by atoms with Crippen LogP contribution in [-0.4, -0.2) is 16.4 Å². The van der Waals surface area contributed by atoms with Gasteiger partial charge in [0.2, 0.25) is 0 Å². The van der Waals surface area contributed by atoms with Crippen LogP contribution in [0.2, 0.25) is 0 Å². The Labute approximate surface area is 286 Å². The molecule has 0 bridgehead atoms. The summed E-state index contributed by atoms with van der Waals surface area (Å²) < 4.78 is 0. The summed E-state index contributed by atoms with van der Waals surface area (Å²) in [4.78, 5) is 4.28. The summed E-state index contributed by atoms with van der Waals surface area (Å²) in [5, 5.41) is 19.2. The number of allylic oxidation sites excluding steroid dienone is 4. The van der Waals surface area contributed by atoms with E-state index in [9.17, 15) is 0 Å². The molecule has 0 saturated carbocycles. The third-order valence-corrected chi connectivity index (χ3v) is 8.66. The lowest BCUT2D eigenvalue weighted by Crippen LogP contribution is -2.15. The standard InChI is InChI=1S/C30H22N2.C15H12N2/c31-29-20-27(25-13-11-23(12-14-25)21-7-3-1-4-8-21)19-28(30(29)32)26-17-15-24(16-18-26)22-9-5-2-6-10-22;16-13-7-5-11(6-8-13)15-10-17-9-12-3-1-2-4-14(12)15/h1-20,31-32H;1-10H,16H2. The van der Waals surface area contributed by atoms with Gasteiger partial charge < -0.3 is 5.73 Å². The number of benzene rings is 6. The third-order valence-electron chi connectivity index (χ3n) is 8.66. The van der Waals surface area contributed by atoms with Crippen LogP contribution < -0.4 is 5.73 Å². The quantitative estimate of drug-likeness (QED) is 0.131. The SMILES string of the molecule is N=C1C=C(c2ccc(-c3ccccc3)cc2)C=C(c2ccc(-c3ccccc3)cc2)C1=N.Nc1ccc(-c2cncc3ccccc23)cc1. The molecule has 234 valence electrons. The molecular weight excluding hydrogens is 597 g/mol. The number of hydrogen-bond donors (Lipinski definition) is 3. The van der Waals surface area contributed by atoms with E-state index >= 15 is 0 Å². The molecule has 4 heteroatoms. The van der Waals surface area contributed by atoms with Crippen molar-refractivity contribution in [2.45, 2.75) is 0 Å². The van der Waals surface area contributed by atoms with E-state index in [1.165, 1.54) is 16.5 Å². The molecule has 1 aliphatic rings. The van der Waals surface area contributed by atoms with E-state index in [0.29, 0.717) is 0 Å². The lowest BCUT2D eigenvalue weighted by molar-refractivity contribution is 1.36. The number of fused-ring (bicyclic) bond motifs is 1. The Bertz CT molecular complexity index is 2310. The van der Waals surface area contributed by atoms with Gasteiger partial charge in [-0.05, 0) is 74.2 Å². The summed E-state index contributed by atoms with van der Waals surface area (Å²) in [6.45, 7) is 0. The number of hydrogen-bond acceptors (Lipinski definition) is 4. The maximum Gasteiger partial charge on any atom is 0.0867 e. The molecule has 4 N–H and O–H groups in total. The van der Waals surface area contributed by atoms with E-state index in [-0.39, 0.29) is 11.4 Å². The lowest BCUT2D eigenvalue weighted by Gasteiger charge is -2.17. The van der Waals surface area contributed by atoms with Crippen LogP contribution in [0, 0.1) is 10.8 Å². The largest absolute Gasteiger partial charge is 0.399 e. The van der Waals surface area contributed by atoms with Gasteiger partial charge in [0.15, 0.2) is 0 Å². The highest BCUT2D eigenvalue weighted by molar-refractivity contribution is 6.61. The number of nitrogens with two attached hydrogens (primary N) is 1. The first-order valence-electron chi connectivity index (χ1n) is 16.1. The zero-order valence-electron chi connectivity index (χ0n) is 26.8. The Hall–Kier alpha value is -6.65. The molecule has 1 aromatic heterocycles. The maximum atomic E-state index is 8.47. The average Bonchev–Trinajstić information content (AvgIpc) is 3.17. The van der Waals surface area contributed by atoms with Gasteiger partial charge in [0.05, 0.1) is 11.4 Å². The number of pyridine rings is 1. The minimum absolute atomic E-state index is 0.233. The molecule has 7 aromatic rings. The van der Waals surface area contributed by atoms with Crippen molar-refractivity contribution in [1.29, 1.82) is 10.8 Å². The van der Waals surface area contributed by atoms with Crippen LogP contribution in [0.3, 0.4) is 0 Å². The van der Waals surface area contributed by atoms with Crippen molar-refractivity contribution in [2.24, 2.45) is 0 Å². The summed E-state index contributed by atoms with van der Waals surface area (Å²) in [5.74, 6) is 0. The monoisotopic (exact) mass is 630 g/mol. The normalized spacial score (nSPS) is 12.5. The number of nitrogens with one attached hydrogen (secondary N) is 2. The van der Waals surface area contributed by atoms with Gasteiger partial charge in [0.25, 0.3) is 0 Å². The van der Waals surface area contributed by atoms with Crippen molar-refractivity contribution in [3.05, 3.63) is 193 Å². The summed E-state index contributed by atoms with van der Waals surface area (Å²) in [6.07, 6.45) is 7.58. The van der Waals surface area contributed by atoms with Crippen LogP contribution in [0.4, 0.5) is 5.69 Å². The van der Waals surface area contributed by atoms with Gasteiger partial charge in [-0.25, -0.2) is 0 Å². The lowest BCUT2D eigenvalue weighted by atomic mass is 9.87. The topological polar surface area (TPSA) is 86.6 Å². The zero-order valence-corrected chi connectivity index (χ0v) is 26.8. The number of rotatable bonds is 5. The van der Waals surface area contributed by atoms with E-state index in [2.05, 4.69) is 77.8 Å². The fourth-order valence-corrected chi connectivity index (χ4v) is 6.00. The van der Waals surface area contributed by atoms with Gasteiger partial charge in [-0.15, -0.1) is 0 Å². The van der Waals surface area contributed by atoms with E-state index < -0.39 is 0 Å². The molecule has 0 atom stereocenters. The molecule has 8 rings (SSSR count). The molecule has 0 saturated heterocycles. The molecular formula is C45H34N4. The zero-order chi connectivity index (χ0) is 33.6. The number of aromatic nitrogens is 1. The predicted molar refractivity (Wildman–Crippen MR) is 207 cm³/mol. The van der Waals surface area contributed by atoms with Crippen LogP contribution in [0.25, 0.3) is 55.3 Å². The van der Waals surface area contributed by atoms with Crippen LogP contribution in [0.5, 0.6) is 0 Å². The molecule has 4 nitrogen and oxygen atoms in total. The van der Waals surface area contributed by atoms with Crippen LogP contribution in [0.15, 0.2) is 182 Å². The van der Waals surface area contributed by atoms with Gasteiger partial charge in [0, 0.05) is 34.6 Å². The molecule has 0 radical (unpaired) electrons. The van der Waals surface area contributed by atoms with Crippen molar-refractivity contribution in [1.82, 2.24) is 4.98 Å². The van der Waals surface area contributed by atoms with Gasteiger partial charge in [0.1, 0.15) is 0 Å². The maximum absolute atomic E-state index is 8.47. The molecule has 0 spiro atoms. The van der Waals surface area contributed by atoms with Crippen molar-refractivity contribution >= 4 is 39.0 Å². The predicted octanol–water partition coefficient (Wildman–Crippen LogP) is 11.0. The molecule has 0 unspecified atom stereocenters. The molecule has 0 aliphatic heterocycles.